The van der Waals surface area contributed by atoms with E-state index >= 15 is 0 Å². The Morgan fingerprint density at radius 3 is 2.46 bits per heavy atom. The highest BCUT2D eigenvalue weighted by Crippen LogP contribution is 2.21. The minimum atomic E-state index is 0. The SMILES string of the molecule is Cc1ccccc1N1CCN(C(=O)c2csc(CN)n2)CC1.Cl.Cl. The Morgan fingerprint density at radius 1 is 1.21 bits per heavy atom. The average molecular weight is 389 g/mol. The zero-order valence-electron chi connectivity index (χ0n) is 13.5. The topological polar surface area (TPSA) is 62.5 Å². The smallest absolute Gasteiger partial charge is 0.273 e. The Bertz CT molecular complexity index is 672. The summed E-state index contributed by atoms with van der Waals surface area (Å²) in [6.45, 7) is 5.66. The third kappa shape index (κ3) is 4.39. The lowest BCUT2D eigenvalue weighted by molar-refractivity contribution is 0.0741. The number of hydrogen-bond acceptors (Lipinski definition) is 5. The van der Waals surface area contributed by atoms with Gasteiger partial charge in [-0.2, -0.15) is 0 Å². The molecule has 1 saturated heterocycles. The second-order valence-electron chi connectivity index (χ2n) is 5.40. The van der Waals surface area contributed by atoms with Crippen molar-refractivity contribution in [3.8, 4) is 0 Å². The van der Waals surface area contributed by atoms with E-state index in [0.29, 0.717) is 12.2 Å². The zero-order valence-corrected chi connectivity index (χ0v) is 15.9. The number of piperazine rings is 1. The summed E-state index contributed by atoms with van der Waals surface area (Å²) in [5.41, 5.74) is 8.61. The standard InChI is InChI=1S/C16H20N4OS.2ClH/c1-12-4-2-3-5-14(12)19-6-8-20(9-7-19)16(21)13-11-22-15(10-17)18-13;;/h2-5,11H,6-10,17H2,1H3;2*1H. The molecule has 8 heteroatoms. The Hall–Kier alpha value is -1.34. The fourth-order valence-electron chi connectivity index (χ4n) is 2.73. The van der Waals surface area contributed by atoms with Gasteiger partial charge in [-0.15, -0.1) is 36.2 Å². The Kier molecular flexibility index (Phi) is 7.96. The van der Waals surface area contributed by atoms with E-state index in [1.165, 1.54) is 22.6 Å². The van der Waals surface area contributed by atoms with Crippen LogP contribution in [0.25, 0.3) is 0 Å². The van der Waals surface area contributed by atoms with E-state index in [9.17, 15) is 4.79 Å². The molecule has 0 bridgehead atoms. The van der Waals surface area contributed by atoms with Crippen molar-refractivity contribution in [2.24, 2.45) is 5.73 Å². The van der Waals surface area contributed by atoms with Crippen molar-refractivity contribution in [3.63, 3.8) is 0 Å². The number of nitrogens with zero attached hydrogens (tertiary/aromatic N) is 3. The van der Waals surface area contributed by atoms with E-state index in [-0.39, 0.29) is 30.7 Å². The first-order chi connectivity index (χ1) is 10.7. The van der Waals surface area contributed by atoms with Crippen LogP contribution in [-0.4, -0.2) is 42.0 Å². The highest BCUT2D eigenvalue weighted by Gasteiger charge is 2.24. The van der Waals surface area contributed by atoms with Gasteiger partial charge in [-0.05, 0) is 18.6 Å². The Morgan fingerprint density at radius 2 is 1.88 bits per heavy atom. The van der Waals surface area contributed by atoms with Gasteiger partial charge in [0, 0.05) is 43.8 Å². The highest BCUT2D eigenvalue weighted by atomic mass is 35.5. The first-order valence-electron chi connectivity index (χ1n) is 7.43. The van der Waals surface area contributed by atoms with E-state index in [0.717, 1.165) is 31.2 Å². The molecule has 1 aliphatic rings. The van der Waals surface area contributed by atoms with Crippen LogP contribution in [0.5, 0.6) is 0 Å². The molecule has 2 aromatic rings. The van der Waals surface area contributed by atoms with Crippen molar-refractivity contribution in [2.45, 2.75) is 13.5 Å². The minimum Gasteiger partial charge on any atom is -0.368 e. The van der Waals surface area contributed by atoms with Crippen molar-refractivity contribution in [1.82, 2.24) is 9.88 Å². The Balaban J connectivity index is 0.00000144. The number of hydrogen-bond donors (Lipinski definition) is 1. The number of halogens is 2. The van der Waals surface area contributed by atoms with Gasteiger partial charge in [0.2, 0.25) is 0 Å². The quantitative estimate of drug-likeness (QED) is 0.877. The van der Waals surface area contributed by atoms with Gasteiger partial charge in [0.15, 0.2) is 0 Å². The molecule has 5 nitrogen and oxygen atoms in total. The summed E-state index contributed by atoms with van der Waals surface area (Å²) in [6.07, 6.45) is 0. The number of benzene rings is 1. The monoisotopic (exact) mass is 388 g/mol. The zero-order chi connectivity index (χ0) is 15.5. The number of aryl methyl sites for hydroxylation is 1. The summed E-state index contributed by atoms with van der Waals surface area (Å²) in [5, 5.41) is 2.61. The first kappa shape index (κ1) is 20.7. The van der Waals surface area contributed by atoms with E-state index < -0.39 is 0 Å². The van der Waals surface area contributed by atoms with E-state index in [4.69, 9.17) is 5.73 Å². The molecule has 1 aromatic carbocycles. The number of anilines is 1. The number of carbonyl (C=O) groups is 1. The van der Waals surface area contributed by atoms with Crippen LogP contribution in [0.4, 0.5) is 5.69 Å². The van der Waals surface area contributed by atoms with Crippen molar-refractivity contribution in [1.29, 1.82) is 0 Å². The maximum Gasteiger partial charge on any atom is 0.273 e. The summed E-state index contributed by atoms with van der Waals surface area (Å²) in [7, 11) is 0. The van der Waals surface area contributed by atoms with Crippen LogP contribution in [0, 0.1) is 6.92 Å². The van der Waals surface area contributed by atoms with Crippen molar-refractivity contribution < 1.29 is 4.79 Å². The average Bonchev–Trinajstić information content (AvgIpc) is 3.04. The lowest BCUT2D eigenvalue weighted by Crippen LogP contribution is -2.49. The number of carbonyl (C=O) groups excluding carboxylic acids is 1. The van der Waals surface area contributed by atoms with Crippen molar-refractivity contribution in [3.05, 3.63) is 45.9 Å². The maximum absolute atomic E-state index is 12.4. The molecule has 132 valence electrons. The Labute approximate surface area is 158 Å². The molecule has 1 aliphatic heterocycles. The molecule has 2 heterocycles. The van der Waals surface area contributed by atoms with Crippen LogP contribution in [0.2, 0.25) is 0 Å². The molecule has 0 aliphatic carbocycles. The minimum absolute atomic E-state index is 0. The predicted molar refractivity (Wildman–Crippen MR) is 104 cm³/mol. The lowest BCUT2D eigenvalue weighted by atomic mass is 10.1. The van der Waals surface area contributed by atoms with Gasteiger partial charge in [0.25, 0.3) is 5.91 Å². The van der Waals surface area contributed by atoms with Crippen LogP contribution in [-0.2, 0) is 6.54 Å². The summed E-state index contributed by atoms with van der Waals surface area (Å²) >= 11 is 1.45. The molecule has 0 spiro atoms. The van der Waals surface area contributed by atoms with Crippen LogP contribution in [0.3, 0.4) is 0 Å². The number of para-hydroxylation sites is 1. The number of amides is 1. The molecule has 0 atom stereocenters. The fourth-order valence-corrected chi connectivity index (χ4v) is 3.38. The molecule has 3 rings (SSSR count). The normalized spacial score (nSPS) is 13.9. The third-order valence-corrected chi connectivity index (χ3v) is 4.84. The highest BCUT2D eigenvalue weighted by molar-refractivity contribution is 7.09. The van der Waals surface area contributed by atoms with E-state index in [1.54, 1.807) is 5.38 Å². The van der Waals surface area contributed by atoms with E-state index in [2.05, 4.69) is 41.1 Å². The summed E-state index contributed by atoms with van der Waals surface area (Å²) in [5.74, 6) is 0.0142. The van der Waals surface area contributed by atoms with Crippen molar-refractivity contribution in [2.75, 3.05) is 31.1 Å². The number of aromatic nitrogens is 1. The molecule has 1 fully saturated rings. The van der Waals surface area contributed by atoms with Gasteiger partial charge in [0.1, 0.15) is 10.7 Å². The van der Waals surface area contributed by atoms with E-state index in [1.807, 2.05) is 4.90 Å². The summed E-state index contributed by atoms with van der Waals surface area (Å²) in [4.78, 5) is 21.0. The summed E-state index contributed by atoms with van der Waals surface area (Å²) < 4.78 is 0. The van der Waals surface area contributed by atoms with Crippen LogP contribution < -0.4 is 10.6 Å². The molecule has 1 aromatic heterocycles. The maximum atomic E-state index is 12.4. The second-order valence-corrected chi connectivity index (χ2v) is 6.34. The van der Waals surface area contributed by atoms with Crippen molar-refractivity contribution >= 4 is 47.7 Å². The van der Waals surface area contributed by atoms with Gasteiger partial charge in [0.05, 0.1) is 0 Å². The molecule has 1 amide bonds. The van der Waals surface area contributed by atoms with Gasteiger partial charge < -0.3 is 15.5 Å². The molecule has 0 saturated carbocycles. The van der Waals surface area contributed by atoms with Gasteiger partial charge in [-0.3, -0.25) is 4.79 Å². The summed E-state index contributed by atoms with van der Waals surface area (Å²) in [6, 6.07) is 8.37. The van der Waals surface area contributed by atoms with Gasteiger partial charge in [-0.1, -0.05) is 18.2 Å². The molecule has 2 N–H and O–H groups in total. The second kappa shape index (κ2) is 9.22. The molecular formula is C16H22Cl2N4OS. The molecule has 24 heavy (non-hydrogen) atoms. The predicted octanol–water partition coefficient (Wildman–Crippen LogP) is 2.72. The molecular weight excluding hydrogens is 367 g/mol. The fraction of sp³-hybridized carbons (Fsp3) is 0.375. The third-order valence-electron chi connectivity index (χ3n) is 3.97. The van der Waals surface area contributed by atoms with Crippen LogP contribution >= 0.6 is 36.2 Å². The lowest BCUT2D eigenvalue weighted by Gasteiger charge is -2.36. The van der Waals surface area contributed by atoms with Gasteiger partial charge in [-0.25, -0.2) is 4.98 Å². The van der Waals surface area contributed by atoms with Crippen LogP contribution in [0.15, 0.2) is 29.6 Å². The number of rotatable bonds is 3. The first-order valence-corrected chi connectivity index (χ1v) is 8.31. The van der Waals surface area contributed by atoms with Gasteiger partial charge >= 0.3 is 0 Å². The number of nitrogens with two attached hydrogens (primary N) is 1. The van der Waals surface area contributed by atoms with Crippen LogP contribution in [0.1, 0.15) is 21.1 Å². The molecule has 0 radical (unpaired) electrons. The number of thiazole rings is 1. The largest absolute Gasteiger partial charge is 0.368 e. The molecule has 0 unspecified atom stereocenters.